The predicted octanol–water partition coefficient (Wildman–Crippen LogP) is 7.70. The molecule has 0 saturated heterocycles. The topological polar surface area (TPSA) is 35.5 Å². The lowest BCUT2D eigenvalue weighted by atomic mass is 9.98. The smallest absolute Gasteiger partial charge is 0.343 e. The Hall–Kier alpha value is -4.32. The standard InChI is InChI=1S/C29H21F3O3/c1-3-18-5-7-19(8-6-18)23-14-15-24(28(32)27(23)31)20-9-12-22(13-10-20)35-29(33)21-11-16-26(34-4-2)25(30)17-21/h3,5-17H,1,4H2,2H3. The van der Waals surface area contributed by atoms with Crippen LogP contribution in [-0.4, -0.2) is 12.6 Å². The molecule has 0 aliphatic rings. The van der Waals surface area contributed by atoms with Crippen molar-refractivity contribution < 1.29 is 27.4 Å². The Morgan fingerprint density at radius 2 is 1.40 bits per heavy atom. The maximum absolute atomic E-state index is 14.9. The fourth-order valence-corrected chi connectivity index (χ4v) is 3.56. The molecule has 0 radical (unpaired) electrons. The molecule has 0 heterocycles. The van der Waals surface area contributed by atoms with E-state index in [1.807, 2.05) is 0 Å². The number of benzene rings is 4. The summed E-state index contributed by atoms with van der Waals surface area (Å²) in [6.45, 7) is 5.70. The van der Waals surface area contributed by atoms with E-state index in [-0.39, 0.29) is 28.2 Å². The summed E-state index contributed by atoms with van der Waals surface area (Å²) in [6, 6.07) is 19.7. The van der Waals surface area contributed by atoms with E-state index in [9.17, 15) is 18.0 Å². The van der Waals surface area contributed by atoms with Crippen LogP contribution in [-0.2, 0) is 0 Å². The van der Waals surface area contributed by atoms with E-state index in [0.29, 0.717) is 17.7 Å². The van der Waals surface area contributed by atoms with Crippen molar-refractivity contribution in [2.45, 2.75) is 6.92 Å². The normalized spacial score (nSPS) is 10.6. The summed E-state index contributed by atoms with van der Waals surface area (Å²) < 4.78 is 54.2. The first kappa shape index (κ1) is 23.8. The average molecular weight is 474 g/mol. The van der Waals surface area contributed by atoms with Crippen LogP contribution in [0.25, 0.3) is 28.3 Å². The van der Waals surface area contributed by atoms with E-state index < -0.39 is 23.4 Å². The number of esters is 1. The van der Waals surface area contributed by atoms with Crippen LogP contribution >= 0.6 is 0 Å². The number of hydrogen-bond acceptors (Lipinski definition) is 3. The average Bonchev–Trinajstić information content (AvgIpc) is 2.87. The van der Waals surface area contributed by atoms with Gasteiger partial charge in [0.2, 0.25) is 0 Å². The van der Waals surface area contributed by atoms with Crippen molar-refractivity contribution in [1.29, 1.82) is 0 Å². The monoisotopic (exact) mass is 474 g/mol. The van der Waals surface area contributed by atoms with Gasteiger partial charge in [0.05, 0.1) is 12.2 Å². The lowest BCUT2D eigenvalue weighted by Gasteiger charge is -2.11. The first-order valence-corrected chi connectivity index (χ1v) is 10.9. The van der Waals surface area contributed by atoms with E-state index in [2.05, 4.69) is 6.58 Å². The number of carbonyl (C=O) groups excluding carboxylic acids is 1. The molecule has 4 rings (SSSR count). The maximum atomic E-state index is 14.9. The first-order chi connectivity index (χ1) is 16.9. The van der Waals surface area contributed by atoms with Gasteiger partial charge >= 0.3 is 5.97 Å². The Bertz CT molecular complexity index is 1380. The molecule has 3 nitrogen and oxygen atoms in total. The second kappa shape index (κ2) is 10.3. The van der Waals surface area contributed by atoms with Crippen molar-refractivity contribution >= 4 is 12.0 Å². The van der Waals surface area contributed by atoms with Gasteiger partial charge in [-0.05, 0) is 53.9 Å². The van der Waals surface area contributed by atoms with Gasteiger partial charge in [-0.1, -0.05) is 61.2 Å². The zero-order valence-corrected chi connectivity index (χ0v) is 18.9. The number of ether oxygens (including phenoxy) is 2. The van der Waals surface area contributed by atoms with Crippen LogP contribution < -0.4 is 9.47 Å². The minimum absolute atomic E-state index is 0.0138. The summed E-state index contributed by atoms with van der Waals surface area (Å²) in [7, 11) is 0. The van der Waals surface area contributed by atoms with Gasteiger partial charge < -0.3 is 9.47 Å². The molecule has 0 aliphatic carbocycles. The highest BCUT2D eigenvalue weighted by atomic mass is 19.2. The van der Waals surface area contributed by atoms with Crippen LogP contribution in [0.15, 0.2) is 85.4 Å². The van der Waals surface area contributed by atoms with Gasteiger partial charge in [-0.2, -0.15) is 0 Å². The van der Waals surface area contributed by atoms with E-state index >= 15 is 0 Å². The molecule has 0 atom stereocenters. The quantitative estimate of drug-likeness (QED) is 0.203. The SMILES string of the molecule is C=Cc1ccc(-c2ccc(-c3ccc(OC(=O)c4ccc(OCC)c(F)c4)cc3)c(F)c2F)cc1. The number of rotatable bonds is 7. The van der Waals surface area contributed by atoms with Gasteiger partial charge in [0.15, 0.2) is 23.2 Å². The summed E-state index contributed by atoms with van der Waals surface area (Å²) in [5, 5.41) is 0. The highest BCUT2D eigenvalue weighted by Gasteiger charge is 2.17. The summed E-state index contributed by atoms with van der Waals surface area (Å²) in [6.07, 6.45) is 1.67. The van der Waals surface area contributed by atoms with Gasteiger partial charge in [0.1, 0.15) is 5.75 Å². The van der Waals surface area contributed by atoms with Crippen molar-refractivity contribution in [2.75, 3.05) is 6.61 Å². The molecule has 6 heteroatoms. The van der Waals surface area contributed by atoms with Gasteiger partial charge in [-0.25, -0.2) is 18.0 Å². The third kappa shape index (κ3) is 5.11. The highest BCUT2D eigenvalue weighted by Crippen LogP contribution is 2.32. The molecule has 4 aromatic carbocycles. The Labute approximate surface area is 201 Å². The molecule has 0 spiro atoms. The molecule has 176 valence electrons. The largest absolute Gasteiger partial charge is 0.491 e. The Kier molecular flexibility index (Phi) is 7.01. The third-order valence-electron chi connectivity index (χ3n) is 5.38. The molecule has 0 bridgehead atoms. The molecule has 0 unspecified atom stereocenters. The number of hydrogen-bond donors (Lipinski definition) is 0. The lowest BCUT2D eigenvalue weighted by molar-refractivity contribution is 0.0734. The van der Waals surface area contributed by atoms with Crippen LogP contribution in [0.4, 0.5) is 13.2 Å². The molecule has 0 fully saturated rings. The minimum Gasteiger partial charge on any atom is -0.491 e. The number of carbonyl (C=O) groups is 1. The Balaban J connectivity index is 1.52. The second-order valence-electron chi connectivity index (χ2n) is 7.61. The number of halogens is 3. The van der Waals surface area contributed by atoms with Crippen LogP contribution in [0.3, 0.4) is 0 Å². The summed E-state index contributed by atoms with van der Waals surface area (Å²) in [5.41, 5.74) is 2.06. The van der Waals surface area contributed by atoms with E-state index in [4.69, 9.17) is 9.47 Å². The second-order valence-corrected chi connectivity index (χ2v) is 7.61. The Morgan fingerprint density at radius 3 is 1.91 bits per heavy atom. The molecule has 35 heavy (non-hydrogen) atoms. The van der Waals surface area contributed by atoms with Gasteiger partial charge in [0.25, 0.3) is 0 Å². The molecule has 0 aromatic heterocycles. The van der Waals surface area contributed by atoms with E-state index in [0.717, 1.165) is 11.6 Å². The summed E-state index contributed by atoms with van der Waals surface area (Å²) >= 11 is 0. The van der Waals surface area contributed by atoms with Crippen molar-refractivity contribution in [2.24, 2.45) is 0 Å². The van der Waals surface area contributed by atoms with Crippen LogP contribution in [0.5, 0.6) is 11.5 Å². The van der Waals surface area contributed by atoms with Crippen LogP contribution in [0, 0.1) is 17.5 Å². The lowest BCUT2D eigenvalue weighted by Crippen LogP contribution is -2.09. The molecular weight excluding hydrogens is 453 g/mol. The van der Waals surface area contributed by atoms with Crippen molar-refractivity contribution in [3.63, 3.8) is 0 Å². The van der Waals surface area contributed by atoms with Gasteiger partial charge in [0, 0.05) is 11.1 Å². The van der Waals surface area contributed by atoms with Crippen molar-refractivity contribution in [1.82, 2.24) is 0 Å². The van der Waals surface area contributed by atoms with E-state index in [1.165, 1.54) is 48.5 Å². The van der Waals surface area contributed by atoms with Crippen LogP contribution in [0.1, 0.15) is 22.8 Å². The molecule has 0 amide bonds. The molecule has 4 aromatic rings. The zero-order chi connectivity index (χ0) is 24.9. The van der Waals surface area contributed by atoms with Crippen LogP contribution in [0.2, 0.25) is 0 Å². The van der Waals surface area contributed by atoms with Crippen molar-refractivity contribution in [3.05, 3.63) is 114 Å². The maximum Gasteiger partial charge on any atom is 0.343 e. The Morgan fingerprint density at radius 1 is 0.829 bits per heavy atom. The van der Waals surface area contributed by atoms with Gasteiger partial charge in [-0.3, -0.25) is 0 Å². The van der Waals surface area contributed by atoms with Gasteiger partial charge in [-0.15, -0.1) is 0 Å². The third-order valence-corrected chi connectivity index (χ3v) is 5.38. The van der Waals surface area contributed by atoms with E-state index in [1.54, 1.807) is 37.3 Å². The van der Waals surface area contributed by atoms with Crippen molar-refractivity contribution in [3.8, 4) is 33.8 Å². The first-order valence-electron chi connectivity index (χ1n) is 10.9. The fourth-order valence-electron chi connectivity index (χ4n) is 3.56. The fraction of sp³-hybridized carbons (Fsp3) is 0.0690. The molecule has 0 N–H and O–H groups in total. The highest BCUT2D eigenvalue weighted by molar-refractivity contribution is 5.91. The molecule has 0 aliphatic heterocycles. The zero-order valence-electron chi connectivity index (χ0n) is 18.9. The molecular formula is C29H21F3O3. The summed E-state index contributed by atoms with van der Waals surface area (Å²) in [5.74, 6) is -3.15. The predicted molar refractivity (Wildman–Crippen MR) is 130 cm³/mol. The molecule has 0 saturated carbocycles. The summed E-state index contributed by atoms with van der Waals surface area (Å²) in [4.78, 5) is 12.4. The minimum atomic E-state index is -0.982.